The first-order valence-electron chi connectivity index (χ1n) is 7.98. The van der Waals surface area contributed by atoms with Crippen molar-refractivity contribution in [3.05, 3.63) is 59.7 Å². The number of rotatable bonds is 6. The molecule has 0 radical (unpaired) electrons. The summed E-state index contributed by atoms with van der Waals surface area (Å²) < 4.78 is 22.2. The van der Waals surface area contributed by atoms with E-state index < -0.39 is 5.79 Å². The van der Waals surface area contributed by atoms with Gasteiger partial charge >= 0.3 is 0 Å². The number of nitrogens with zero attached hydrogens (tertiary/aromatic N) is 1. The predicted octanol–water partition coefficient (Wildman–Crippen LogP) is 3.17. The van der Waals surface area contributed by atoms with Gasteiger partial charge in [0.25, 0.3) is 0 Å². The summed E-state index contributed by atoms with van der Waals surface area (Å²) in [6.45, 7) is 0.959. The third-order valence-corrected chi connectivity index (χ3v) is 4.23. The summed E-state index contributed by atoms with van der Waals surface area (Å²) >= 11 is 0. The molecule has 2 aromatic rings. The van der Waals surface area contributed by atoms with Crippen LogP contribution >= 0.6 is 0 Å². The molecule has 6 heteroatoms. The lowest BCUT2D eigenvalue weighted by atomic mass is 9.96. The topological polar surface area (TPSA) is 69.5 Å². The van der Waals surface area contributed by atoms with Crippen molar-refractivity contribution in [2.24, 2.45) is 5.16 Å². The number of benzene rings is 2. The highest BCUT2D eigenvalue weighted by atomic mass is 16.7. The van der Waals surface area contributed by atoms with Crippen LogP contribution in [0.2, 0.25) is 0 Å². The van der Waals surface area contributed by atoms with E-state index in [-0.39, 0.29) is 6.42 Å². The van der Waals surface area contributed by atoms with Gasteiger partial charge < -0.3 is 24.2 Å². The number of ether oxygens (including phenoxy) is 4. The van der Waals surface area contributed by atoms with Gasteiger partial charge in [-0.15, -0.1) is 0 Å². The van der Waals surface area contributed by atoms with Gasteiger partial charge in [-0.25, -0.2) is 0 Å². The molecule has 1 N–H and O–H groups in total. The second-order valence-electron chi connectivity index (χ2n) is 5.63. The van der Waals surface area contributed by atoms with Gasteiger partial charge in [-0.1, -0.05) is 5.16 Å². The molecule has 0 saturated carbocycles. The first kappa shape index (κ1) is 17.3. The molecule has 0 spiro atoms. The van der Waals surface area contributed by atoms with Gasteiger partial charge in [0.15, 0.2) is 0 Å². The lowest BCUT2D eigenvalue weighted by Crippen LogP contribution is -2.30. The minimum atomic E-state index is -0.978. The summed E-state index contributed by atoms with van der Waals surface area (Å²) in [4.78, 5) is 0. The van der Waals surface area contributed by atoms with Gasteiger partial charge in [0.1, 0.15) is 11.5 Å². The van der Waals surface area contributed by atoms with E-state index in [1.807, 2.05) is 48.5 Å². The van der Waals surface area contributed by atoms with Crippen molar-refractivity contribution in [3.63, 3.8) is 0 Å². The Balaban J connectivity index is 1.88. The van der Waals surface area contributed by atoms with Gasteiger partial charge in [-0.3, -0.25) is 0 Å². The fraction of sp³-hybridized carbons (Fsp3) is 0.316. The normalized spacial score (nSPS) is 16.6. The maximum Gasteiger partial charge on any atom is 0.200 e. The zero-order valence-electron chi connectivity index (χ0n) is 14.3. The Morgan fingerprint density at radius 3 is 1.96 bits per heavy atom. The highest BCUT2D eigenvalue weighted by Gasteiger charge is 2.40. The van der Waals surface area contributed by atoms with Gasteiger partial charge in [-0.05, 0) is 54.1 Å². The molecular weight excluding hydrogens is 322 g/mol. The molecule has 0 bridgehead atoms. The maximum atomic E-state index is 9.54. The minimum absolute atomic E-state index is 0.280. The smallest absolute Gasteiger partial charge is 0.200 e. The van der Waals surface area contributed by atoms with Crippen LogP contribution in [0.25, 0.3) is 0 Å². The Morgan fingerprint density at radius 2 is 1.48 bits per heavy atom. The molecule has 1 saturated heterocycles. The number of hydrogen-bond donors (Lipinski definition) is 1. The molecule has 1 heterocycles. The quantitative estimate of drug-likeness (QED) is 0.496. The zero-order valence-corrected chi connectivity index (χ0v) is 14.3. The van der Waals surface area contributed by atoms with Crippen molar-refractivity contribution >= 4 is 5.71 Å². The van der Waals surface area contributed by atoms with Crippen LogP contribution in [0.1, 0.15) is 17.5 Å². The van der Waals surface area contributed by atoms with Crippen LogP contribution in [0.3, 0.4) is 0 Å². The molecule has 0 aromatic heterocycles. The SMILES string of the molecule is COc1ccc(/C(CC2(c3ccc(OC)cc3)OCCO2)=N/O)cc1. The van der Waals surface area contributed by atoms with Gasteiger partial charge in [0.2, 0.25) is 5.79 Å². The summed E-state index contributed by atoms with van der Waals surface area (Å²) in [6, 6.07) is 14.8. The average Bonchev–Trinajstić information content (AvgIpc) is 3.16. The van der Waals surface area contributed by atoms with Crippen molar-refractivity contribution in [1.82, 2.24) is 0 Å². The monoisotopic (exact) mass is 343 g/mol. The van der Waals surface area contributed by atoms with E-state index in [4.69, 9.17) is 18.9 Å². The van der Waals surface area contributed by atoms with Gasteiger partial charge in [0.05, 0.1) is 39.6 Å². The van der Waals surface area contributed by atoms with Crippen LogP contribution < -0.4 is 9.47 Å². The summed E-state index contributed by atoms with van der Waals surface area (Å²) in [7, 11) is 3.22. The second kappa shape index (κ2) is 7.55. The standard InChI is InChI=1S/C19H21NO5/c1-22-16-7-3-14(4-8-16)18(20-21)13-19(24-11-12-25-19)15-5-9-17(23-2)10-6-15/h3-10,21H,11-13H2,1-2H3/b20-18+. The fourth-order valence-corrected chi connectivity index (χ4v) is 2.87. The van der Waals surface area contributed by atoms with Crippen LogP contribution in [0.4, 0.5) is 0 Å². The highest BCUT2D eigenvalue weighted by Crippen LogP contribution is 2.37. The molecule has 0 aliphatic carbocycles. The molecule has 0 atom stereocenters. The van der Waals surface area contributed by atoms with Crippen LogP contribution in [0.15, 0.2) is 53.7 Å². The van der Waals surface area contributed by atoms with Crippen molar-refractivity contribution in [1.29, 1.82) is 0 Å². The number of oxime groups is 1. The molecule has 6 nitrogen and oxygen atoms in total. The van der Waals surface area contributed by atoms with Crippen LogP contribution in [-0.2, 0) is 15.3 Å². The largest absolute Gasteiger partial charge is 0.497 e. The highest BCUT2D eigenvalue weighted by molar-refractivity contribution is 6.00. The molecule has 2 aromatic carbocycles. The van der Waals surface area contributed by atoms with E-state index in [1.165, 1.54) is 0 Å². The molecule has 1 aliphatic heterocycles. The third kappa shape index (κ3) is 3.60. The van der Waals surface area contributed by atoms with E-state index in [0.29, 0.717) is 18.9 Å². The van der Waals surface area contributed by atoms with Crippen molar-refractivity contribution in [2.45, 2.75) is 12.2 Å². The molecule has 0 unspecified atom stereocenters. The summed E-state index contributed by atoms with van der Waals surface area (Å²) in [5.74, 6) is 0.510. The van der Waals surface area contributed by atoms with E-state index >= 15 is 0 Å². The Morgan fingerprint density at radius 1 is 0.960 bits per heavy atom. The Hall–Kier alpha value is -2.57. The van der Waals surface area contributed by atoms with Crippen molar-refractivity contribution in [3.8, 4) is 11.5 Å². The average molecular weight is 343 g/mol. The number of hydrogen-bond acceptors (Lipinski definition) is 6. The van der Waals surface area contributed by atoms with Crippen molar-refractivity contribution < 1.29 is 24.2 Å². The van der Waals surface area contributed by atoms with E-state index in [0.717, 1.165) is 22.6 Å². The lowest BCUT2D eigenvalue weighted by molar-refractivity contribution is -0.159. The van der Waals surface area contributed by atoms with Gasteiger partial charge in [-0.2, -0.15) is 0 Å². The Kier molecular flexibility index (Phi) is 5.21. The first-order valence-corrected chi connectivity index (χ1v) is 7.98. The van der Waals surface area contributed by atoms with E-state index in [1.54, 1.807) is 14.2 Å². The maximum absolute atomic E-state index is 9.54. The summed E-state index contributed by atoms with van der Waals surface area (Å²) in [5.41, 5.74) is 2.09. The molecule has 1 aliphatic rings. The Labute approximate surface area is 146 Å². The van der Waals surface area contributed by atoms with E-state index in [9.17, 15) is 5.21 Å². The molecule has 3 rings (SSSR count). The summed E-state index contributed by atoms with van der Waals surface area (Å²) in [5, 5.41) is 13.0. The van der Waals surface area contributed by atoms with E-state index in [2.05, 4.69) is 5.16 Å². The predicted molar refractivity (Wildman–Crippen MR) is 92.5 cm³/mol. The zero-order chi connectivity index (χ0) is 17.7. The minimum Gasteiger partial charge on any atom is -0.497 e. The van der Waals surface area contributed by atoms with Gasteiger partial charge in [0, 0.05) is 5.56 Å². The summed E-state index contributed by atoms with van der Waals surface area (Å²) in [6.07, 6.45) is 0.280. The molecule has 0 amide bonds. The second-order valence-corrected chi connectivity index (χ2v) is 5.63. The van der Waals surface area contributed by atoms with Crippen LogP contribution in [-0.4, -0.2) is 38.4 Å². The van der Waals surface area contributed by atoms with Crippen LogP contribution in [0.5, 0.6) is 11.5 Å². The molecule has 132 valence electrons. The Bertz CT molecular complexity index is 718. The number of methoxy groups -OCH3 is 2. The fourth-order valence-electron chi connectivity index (χ4n) is 2.87. The lowest BCUT2D eigenvalue weighted by Gasteiger charge is -2.28. The molecule has 25 heavy (non-hydrogen) atoms. The molecular formula is C19H21NO5. The van der Waals surface area contributed by atoms with Crippen molar-refractivity contribution in [2.75, 3.05) is 27.4 Å². The first-order chi connectivity index (χ1) is 12.2. The van der Waals surface area contributed by atoms with Crippen LogP contribution in [0, 0.1) is 0 Å². The third-order valence-electron chi connectivity index (χ3n) is 4.23. The molecule has 1 fully saturated rings.